The number of likely N-dealkylation sites (N-methyl/N-ethyl adjacent to an activating group) is 1. The van der Waals surface area contributed by atoms with E-state index in [1.807, 2.05) is 6.92 Å². The molecular formula is C13H22N2O3S. The van der Waals surface area contributed by atoms with Gasteiger partial charge in [-0.3, -0.25) is 0 Å². The Balaban J connectivity index is 3.17. The smallest absolute Gasteiger partial charge is 0.244 e. The highest BCUT2D eigenvalue weighted by Crippen LogP contribution is 2.19. The van der Waals surface area contributed by atoms with Crippen molar-refractivity contribution in [2.75, 3.05) is 13.1 Å². The Hall–Kier alpha value is -1.11. The first-order valence-corrected chi connectivity index (χ1v) is 7.86. The second-order valence-corrected chi connectivity index (χ2v) is 6.20. The van der Waals surface area contributed by atoms with Gasteiger partial charge in [-0.15, -0.1) is 6.58 Å². The molecule has 1 heterocycles. The summed E-state index contributed by atoms with van der Waals surface area (Å²) in [5, 5.41) is 9.28. The van der Waals surface area contributed by atoms with Crippen LogP contribution in [-0.2, 0) is 23.2 Å². The van der Waals surface area contributed by atoms with Gasteiger partial charge in [0.25, 0.3) is 0 Å². The van der Waals surface area contributed by atoms with Crippen LogP contribution in [0, 0.1) is 0 Å². The van der Waals surface area contributed by atoms with E-state index in [1.165, 1.54) is 10.4 Å². The fourth-order valence-electron chi connectivity index (χ4n) is 1.94. The van der Waals surface area contributed by atoms with Crippen LogP contribution in [0.5, 0.6) is 0 Å². The molecule has 0 aliphatic carbocycles. The molecule has 0 unspecified atom stereocenters. The van der Waals surface area contributed by atoms with Crippen molar-refractivity contribution in [3.63, 3.8) is 0 Å². The van der Waals surface area contributed by atoms with Crippen LogP contribution >= 0.6 is 0 Å². The van der Waals surface area contributed by atoms with E-state index in [9.17, 15) is 13.5 Å². The van der Waals surface area contributed by atoms with Gasteiger partial charge in [0.15, 0.2) is 0 Å². The normalized spacial score (nSPS) is 12.0. The predicted octanol–water partition coefficient (Wildman–Crippen LogP) is 1.59. The van der Waals surface area contributed by atoms with Gasteiger partial charge in [0.05, 0.1) is 6.61 Å². The Kier molecular flexibility index (Phi) is 5.78. The first kappa shape index (κ1) is 15.9. The van der Waals surface area contributed by atoms with Crippen LogP contribution in [0.25, 0.3) is 0 Å². The van der Waals surface area contributed by atoms with Crippen LogP contribution in [0.3, 0.4) is 0 Å². The van der Waals surface area contributed by atoms with E-state index in [1.54, 1.807) is 23.8 Å². The van der Waals surface area contributed by atoms with Crippen LogP contribution in [0.4, 0.5) is 0 Å². The second kappa shape index (κ2) is 6.88. The molecule has 1 aromatic rings. The summed E-state index contributed by atoms with van der Waals surface area (Å²) < 4.78 is 28.0. The Morgan fingerprint density at radius 1 is 1.47 bits per heavy atom. The summed E-state index contributed by atoms with van der Waals surface area (Å²) in [7, 11) is -3.51. The molecule has 19 heavy (non-hydrogen) atoms. The molecule has 0 bridgehead atoms. The Morgan fingerprint density at radius 3 is 2.63 bits per heavy atom. The largest absolute Gasteiger partial charge is 0.390 e. The van der Waals surface area contributed by atoms with E-state index in [4.69, 9.17) is 0 Å². The fourth-order valence-corrected chi connectivity index (χ4v) is 3.42. The highest BCUT2D eigenvalue weighted by atomic mass is 32.2. The zero-order valence-electron chi connectivity index (χ0n) is 11.5. The van der Waals surface area contributed by atoms with E-state index in [0.717, 1.165) is 6.42 Å². The number of sulfonamides is 1. The monoisotopic (exact) mass is 286 g/mol. The molecule has 0 radical (unpaired) electrons. The summed E-state index contributed by atoms with van der Waals surface area (Å²) >= 11 is 0. The van der Waals surface area contributed by atoms with Crippen LogP contribution in [0.15, 0.2) is 29.8 Å². The minimum absolute atomic E-state index is 0.164. The Morgan fingerprint density at radius 2 is 2.16 bits per heavy atom. The molecule has 0 amide bonds. The lowest BCUT2D eigenvalue weighted by Gasteiger charge is -2.17. The lowest BCUT2D eigenvalue weighted by molar-refractivity contribution is 0.270. The number of aryl methyl sites for hydroxylation is 1. The molecule has 1 N–H and O–H groups in total. The van der Waals surface area contributed by atoms with Gasteiger partial charge in [0.2, 0.25) is 10.0 Å². The summed E-state index contributed by atoms with van der Waals surface area (Å²) in [5.74, 6) is 0. The maximum Gasteiger partial charge on any atom is 0.244 e. The molecule has 0 aromatic carbocycles. The number of nitrogens with zero attached hydrogens (tertiary/aromatic N) is 2. The minimum Gasteiger partial charge on any atom is -0.390 e. The van der Waals surface area contributed by atoms with Crippen molar-refractivity contribution in [3.8, 4) is 0 Å². The maximum atomic E-state index is 12.4. The highest BCUT2D eigenvalue weighted by Gasteiger charge is 2.24. The average Bonchev–Trinajstić information content (AvgIpc) is 2.80. The zero-order chi connectivity index (χ0) is 14.5. The maximum absolute atomic E-state index is 12.4. The fraction of sp³-hybridized carbons (Fsp3) is 0.538. The molecule has 0 atom stereocenters. The first-order valence-electron chi connectivity index (χ1n) is 6.42. The molecule has 0 saturated carbocycles. The van der Waals surface area contributed by atoms with Gasteiger partial charge in [-0.05, 0) is 12.5 Å². The van der Waals surface area contributed by atoms with E-state index >= 15 is 0 Å². The predicted molar refractivity (Wildman–Crippen MR) is 75.3 cm³/mol. The van der Waals surface area contributed by atoms with Crippen molar-refractivity contribution in [3.05, 3.63) is 30.6 Å². The first-order chi connectivity index (χ1) is 9.01. The third kappa shape index (κ3) is 3.46. The van der Waals surface area contributed by atoms with Crippen LogP contribution < -0.4 is 0 Å². The molecule has 5 nitrogen and oxygen atoms in total. The number of hydrogen-bond donors (Lipinski definition) is 1. The summed E-state index contributed by atoms with van der Waals surface area (Å²) in [4.78, 5) is 0.230. The quantitative estimate of drug-likeness (QED) is 0.738. The summed E-state index contributed by atoms with van der Waals surface area (Å²) in [6.07, 6.45) is 4.04. The van der Waals surface area contributed by atoms with E-state index in [-0.39, 0.29) is 18.0 Å². The number of aliphatic hydroxyl groups excluding tert-OH is 1. The van der Waals surface area contributed by atoms with Crippen molar-refractivity contribution < 1.29 is 13.5 Å². The molecule has 0 aliphatic heterocycles. The van der Waals surface area contributed by atoms with Crippen molar-refractivity contribution in [2.45, 2.75) is 38.3 Å². The highest BCUT2D eigenvalue weighted by molar-refractivity contribution is 7.89. The minimum atomic E-state index is -3.51. The zero-order valence-corrected chi connectivity index (χ0v) is 12.4. The number of aromatic nitrogens is 1. The summed E-state index contributed by atoms with van der Waals surface area (Å²) in [6, 6.07) is 1.54. The lowest BCUT2D eigenvalue weighted by atomic mass is 10.4. The van der Waals surface area contributed by atoms with Crippen molar-refractivity contribution in [1.82, 2.24) is 8.87 Å². The van der Waals surface area contributed by atoms with Crippen LogP contribution in [0.1, 0.15) is 26.0 Å². The average molecular weight is 286 g/mol. The van der Waals surface area contributed by atoms with Gasteiger partial charge in [-0.2, -0.15) is 4.31 Å². The number of hydrogen-bond acceptors (Lipinski definition) is 3. The molecule has 108 valence electrons. The van der Waals surface area contributed by atoms with Gasteiger partial charge in [-0.1, -0.05) is 19.9 Å². The molecule has 1 rings (SSSR count). The van der Waals surface area contributed by atoms with Crippen LogP contribution in [0.2, 0.25) is 0 Å². The number of rotatable bonds is 8. The molecule has 0 aliphatic rings. The topological polar surface area (TPSA) is 62.5 Å². The van der Waals surface area contributed by atoms with E-state index in [2.05, 4.69) is 6.58 Å². The third-order valence-corrected chi connectivity index (χ3v) is 4.82. The summed E-state index contributed by atoms with van der Waals surface area (Å²) in [5.41, 5.74) is 0.620. The van der Waals surface area contributed by atoms with Gasteiger partial charge in [0.1, 0.15) is 4.90 Å². The van der Waals surface area contributed by atoms with Crippen molar-refractivity contribution in [2.24, 2.45) is 0 Å². The van der Waals surface area contributed by atoms with Crippen LogP contribution in [-0.4, -0.2) is 35.5 Å². The Bertz CT molecular complexity index is 520. The molecule has 6 heteroatoms. The van der Waals surface area contributed by atoms with E-state index < -0.39 is 10.0 Å². The second-order valence-electron chi connectivity index (χ2n) is 4.26. The van der Waals surface area contributed by atoms with E-state index in [0.29, 0.717) is 18.8 Å². The molecule has 1 aromatic heterocycles. The molecular weight excluding hydrogens is 264 g/mol. The van der Waals surface area contributed by atoms with Gasteiger partial charge in [0, 0.05) is 31.5 Å². The Labute approximate surface area is 115 Å². The lowest BCUT2D eigenvalue weighted by Crippen LogP contribution is -2.30. The SMILES string of the molecule is C=CCN(CC)S(=O)(=O)c1cc(CO)n(CCC)c1. The summed E-state index contributed by atoms with van der Waals surface area (Å²) in [6.45, 7) is 8.57. The third-order valence-electron chi connectivity index (χ3n) is 2.91. The van der Waals surface area contributed by atoms with Crippen molar-refractivity contribution >= 4 is 10.0 Å². The van der Waals surface area contributed by atoms with Gasteiger partial charge in [-0.25, -0.2) is 8.42 Å². The molecule has 0 fully saturated rings. The standard InChI is InChI=1S/C13H22N2O3S/c1-4-7-14-10-13(9-12(14)11-16)19(17,18)15(6-3)8-5-2/h5,9-10,16H,2,4,6-8,11H2,1,3H3. The van der Waals surface area contributed by atoms with Gasteiger partial charge < -0.3 is 9.67 Å². The molecule has 0 spiro atoms. The van der Waals surface area contributed by atoms with Crippen molar-refractivity contribution in [1.29, 1.82) is 0 Å². The van der Waals surface area contributed by atoms with Gasteiger partial charge >= 0.3 is 0 Å². The number of aliphatic hydroxyl groups is 1. The molecule has 0 saturated heterocycles.